The van der Waals surface area contributed by atoms with E-state index in [1.807, 2.05) is 0 Å². The predicted octanol–water partition coefficient (Wildman–Crippen LogP) is 2.82. The van der Waals surface area contributed by atoms with Gasteiger partial charge in [-0.05, 0) is 0 Å². The van der Waals surface area contributed by atoms with Crippen LogP contribution in [-0.2, 0) is 6.51 Å². The van der Waals surface area contributed by atoms with E-state index in [9.17, 15) is 0 Å². The Bertz CT molecular complexity index is 878. The van der Waals surface area contributed by atoms with E-state index in [1.54, 1.807) is 0 Å². The Morgan fingerprint density at radius 2 is 1.33 bits per heavy atom. The second-order valence-corrected chi connectivity index (χ2v) is 34.9. The molecule has 0 aliphatic carbocycles. The van der Waals surface area contributed by atoms with Gasteiger partial charge in [-0.15, -0.1) is 0 Å². The van der Waals surface area contributed by atoms with Gasteiger partial charge in [-0.25, -0.2) is 0 Å². The zero-order chi connectivity index (χ0) is 10.1. The summed E-state index contributed by atoms with van der Waals surface area (Å²) in [6.45, 7) is 2.72. The normalized spacial score (nSPS) is 119. The Labute approximate surface area is 98.1 Å². The molecule has 0 radical (unpaired) electrons. The van der Waals surface area contributed by atoms with Crippen LogP contribution in [0.25, 0.3) is 0 Å². The van der Waals surface area contributed by atoms with Crippen molar-refractivity contribution in [2.24, 2.45) is 0 Å². The van der Waals surface area contributed by atoms with Gasteiger partial charge in [-0.2, -0.15) is 0 Å². The third-order valence-electron chi connectivity index (χ3n) is 16.2. The first-order chi connectivity index (χ1) is 8.15. The summed E-state index contributed by atoms with van der Waals surface area (Å²) in [6.07, 6.45) is 0. The second kappa shape index (κ2) is 0.631. The van der Waals surface area contributed by atoms with Gasteiger partial charge >= 0.3 is 90.7 Å². The number of hydrogen-bond donors (Lipinski definition) is 1. The van der Waals surface area contributed by atoms with Gasteiger partial charge in [-0.1, -0.05) is 7.43 Å². The maximum absolute atomic E-state index is 3.60. The molecule has 0 aromatic heterocycles. The predicted molar refractivity (Wildman–Crippen MR) is 67.7 cm³/mol. The molecule has 11 aliphatic rings. The van der Waals surface area contributed by atoms with Gasteiger partial charge in [0.15, 0.2) is 0 Å². The van der Waals surface area contributed by atoms with Crippen molar-refractivity contribution in [1.82, 2.24) is 10.2 Å². The molecule has 4 unspecified atom stereocenters. The van der Waals surface area contributed by atoms with Crippen molar-refractivity contribution in [3.05, 3.63) is 0 Å². The number of piperazine rings is 1. The standard InChI is InChI=1S/C9H13N2.C5H5.CH4.Fe/c1-2-4-9(3-1)11-7-5-10-6-8-11;1-2-4-5-3-1;;/h1-4,10H,5-8H2;1-5H;1H4;. The molecule has 0 amide bonds. The number of nitrogens with one attached hydrogen (secondary N) is 1. The van der Waals surface area contributed by atoms with Crippen LogP contribution in [0.2, 0.25) is 43.3 Å². The number of hydrogen-bond acceptors (Lipinski definition) is 2. The first-order valence-electron chi connectivity index (χ1n) is 7.82. The molecule has 11 rings (SSSR count). The molecule has 2 nitrogen and oxygen atoms in total. The summed E-state index contributed by atoms with van der Waals surface area (Å²) in [4.78, 5) is 16.7. The zero-order valence-corrected chi connectivity index (χ0v) is 10.9. The van der Waals surface area contributed by atoms with Crippen LogP contribution >= 0.6 is 0 Å². The molecule has 11 saturated heterocycles. The fraction of sp³-hybridized carbons (Fsp3) is 1.00. The van der Waals surface area contributed by atoms with Crippen molar-refractivity contribution < 1.29 is 6.51 Å². The molecule has 11 heterocycles. The summed E-state index contributed by atoms with van der Waals surface area (Å²) >= 11 is 0. The van der Waals surface area contributed by atoms with E-state index in [-0.39, 0.29) is 7.43 Å². The Balaban J connectivity index is 0.000000663. The summed E-state index contributed by atoms with van der Waals surface area (Å²) in [6, 6.07) is 0. The molecule has 100 valence electrons. The van der Waals surface area contributed by atoms with E-state index < -0.39 is 6.51 Å². The Morgan fingerprint density at radius 3 is 1.67 bits per heavy atom. The molecule has 1 spiro atoms. The van der Waals surface area contributed by atoms with Crippen molar-refractivity contribution in [1.29, 1.82) is 0 Å². The van der Waals surface area contributed by atoms with E-state index in [4.69, 9.17) is 0 Å². The van der Waals surface area contributed by atoms with Gasteiger partial charge in [0.05, 0.1) is 0 Å². The molecule has 0 aromatic carbocycles. The average Bonchev–Trinajstić information content (AvgIpc) is 3.32. The molecule has 11 aliphatic heterocycles. The molecule has 0 bridgehead atoms. The fourth-order valence-corrected chi connectivity index (χ4v) is 92.1. The molecule has 11 fully saturated rings. The van der Waals surface area contributed by atoms with E-state index in [0.717, 1.165) is 4.44 Å². The van der Waals surface area contributed by atoms with Crippen molar-refractivity contribution >= 4 is 0 Å². The molecule has 0 aromatic rings. The van der Waals surface area contributed by atoms with Gasteiger partial charge in [0.2, 0.25) is 0 Å². The second-order valence-electron chi connectivity index (χ2n) is 11.4. The van der Waals surface area contributed by atoms with Crippen molar-refractivity contribution in [2.45, 2.75) is 55.2 Å². The SMILES string of the molecule is C.C1CN([C]23[CH]4[CH]5[CH]6[CH]2[Fe]56432789[CH]3[CH]2[CH]7[CH]8[CH]39)CCN1. The summed E-state index contributed by atoms with van der Waals surface area (Å²) in [5.41, 5.74) is 0. The van der Waals surface area contributed by atoms with Crippen LogP contribution in [0, 0.1) is 0 Å². The molecule has 4 atom stereocenters. The van der Waals surface area contributed by atoms with Gasteiger partial charge in [0.25, 0.3) is 0 Å². The quantitative estimate of drug-likeness (QED) is 0.746. The van der Waals surface area contributed by atoms with Crippen molar-refractivity contribution in [3.63, 3.8) is 0 Å². The fourth-order valence-electron chi connectivity index (χ4n) is 17.9. The Kier molecular flexibility index (Phi) is 0.261. The monoisotopic (exact) mass is 286 g/mol. The molecular weight excluding hydrogens is 264 g/mol. The van der Waals surface area contributed by atoms with E-state index in [2.05, 4.69) is 10.2 Å². The van der Waals surface area contributed by atoms with Crippen LogP contribution in [0.4, 0.5) is 0 Å². The third kappa shape index (κ3) is 0.0758. The maximum atomic E-state index is 3.60. The minimum absolute atomic E-state index is 0. The number of rotatable bonds is 1. The first kappa shape index (κ1) is 7.45. The van der Waals surface area contributed by atoms with Gasteiger partial charge < -0.3 is 0 Å². The topological polar surface area (TPSA) is 15.3 Å². The van der Waals surface area contributed by atoms with Gasteiger partial charge in [0.1, 0.15) is 0 Å². The van der Waals surface area contributed by atoms with Crippen LogP contribution in [-0.4, -0.2) is 35.5 Å². The summed E-state index contributed by atoms with van der Waals surface area (Å²) in [5, 5.41) is 3.60. The minimum atomic E-state index is -2.76. The number of nitrogens with zero attached hydrogens (tertiary/aromatic N) is 1. The first-order valence-corrected chi connectivity index (χ1v) is 14.1. The summed E-state index contributed by atoms with van der Waals surface area (Å²) < 4.78 is 1.06. The number of fused-ring (bicyclic) bond motifs is 10. The Hall–Kier alpha value is 0.439. The van der Waals surface area contributed by atoms with Crippen LogP contribution in [0.5, 0.6) is 0 Å². The molecule has 3 heteroatoms. The van der Waals surface area contributed by atoms with Crippen LogP contribution in [0.1, 0.15) is 7.43 Å². The summed E-state index contributed by atoms with van der Waals surface area (Å²) in [7, 11) is 0. The van der Waals surface area contributed by atoms with Gasteiger partial charge in [-0.3, -0.25) is 0 Å². The Morgan fingerprint density at radius 1 is 0.833 bits per heavy atom. The molecular formula is C15H22FeN2. The van der Waals surface area contributed by atoms with Crippen LogP contribution < -0.4 is 5.32 Å². The average molecular weight is 286 g/mol. The van der Waals surface area contributed by atoms with E-state index >= 15 is 0 Å². The summed E-state index contributed by atoms with van der Waals surface area (Å²) in [5.74, 6) is 0. The molecule has 1 N–H and O–H groups in total. The van der Waals surface area contributed by atoms with E-state index in [0.29, 0.717) is 0 Å². The van der Waals surface area contributed by atoms with E-state index in [1.165, 1.54) is 69.5 Å². The van der Waals surface area contributed by atoms with Crippen LogP contribution in [0.3, 0.4) is 0 Å². The van der Waals surface area contributed by atoms with Crippen molar-refractivity contribution in [3.8, 4) is 0 Å². The third-order valence-corrected chi connectivity index (χ3v) is 58.4. The van der Waals surface area contributed by atoms with Crippen molar-refractivity contribution in [2.75, 3.05) is 26.2 Å². The molecule has 0 saturated carbocycles. The zero-order valence-electron chi connectivity index (χ0n) is 9.83. The molecule has 18 heavy (non-hydrogen) atoms. The van der Waals surface area contributed by atoms with Gasteiger partial charge in [0, 0.05) is 0 Å². The van der Waals surface area contributed by atoms with Crippen LogP contribution in [0.15, 0.2) is 0 Å².